The van der Waals surface area contributed by atoms with Gasteiger partial charge in [0.25, 0.3) is 5.91 Å². The van der Waals surface area contributed by atoms with E-state index in [1.54, 1.807) is 35.8 Å². The van der Waals surface area contributed by atoms with Crippen LogP contribution in [0.15, 0.2) is 35.5 Å². The standard InChI is InChI=1S/C18H24N4O4S/c1-3-21-12-15-17(18(23)19-10-7-11-26-4-2)20-13-22(15)14-8-5-6-9-16(14)27(21,24)25/h5-6,8-9,13H,3-4,7,10-12H2,1-2H3,(H,19,23). The van der Waals surface area contributed by atoms with Crippen LogP contribution in [0.4, 0.5) is 0 Å². The van der Waals surface area contributed by atoms with Crippen molar-refractivity contribution in [2.45, 2.75) is 31.7 Å². The minimum Gasteiger partial charge on any atom is -0.382 e. The number of imidazole rings is 1. The van der Waals surface area contributed by atoms with Gasteiger partial charge in [-0.3, -0.25) is 9.36 Å². The largest absolute Gasteiger partial charge is 0.382 e. The summed E-state index contributed by atoms with van der Waals surface area (Å²) in [7, 11) is -3.64. The summed E-state index contributed by atoms with van der Waals surface area (Å²) in [6, 6.07) is 6.77. The van der Waals surface area contributed by atoms with Crippen molar-refractivity contribution in [3.63, 3.8) is 0 Å². The quantitative estimate of drug-likeness (QED) is 0.722. The van der Waals surface area contributed by atoms with Crippen LogP contribution in [0.5, 0.6) is 0 Å². The van der Waals surface area contributed by atoms with Gasteiger partial charge in [-0.25, -0.2) is 13.4 Å². The monoisotopic (exact) mass is 392 g/mol. The van der Waals surface area contributed by atoms with Crippen molar-refractivity contribution in [2.24, 2.45) is 0 Å². The van der Waals surface area contributed by atoms with Gasteiger partial charge in [-0.05, 0) is 25.5 Å². The predicted molar refractivity (Wildman–Crippen MR) is 100 cm³/mol. The van der Waals surface area contributed by atoms with Crippen molar-refractivity contribution in [3.05, 3.63) is 42.0 Å². The number of hydrogen-bond acceptors (Lipinski definition) is 5. The molecule has 0 aliphatic carbocycles. The predicted octanol–water partition coefficient (Wildman–Crippen LogP) is 1.55. The summed E-state index contributed by atoms with van der Waals surface area (Å²) in [5.74, 6) is -0.312. The van der Waals surface area contributed by atoms with Gasteiger partial charge in [-0.2, -0.15) is 4.31 Å². The molecule has 0 spiro atoms. The Kier molecular flexibility index (Phi) is 5.93. The summed E-state index contributed by atoms with van der Waals surface area (Å²) in [6.07, 6.45) is 2.21. The minimum absolute atomic E-state index is 0.0925. The van der Waals surface area contributed by atoms with E-state index in [2.05, 4.69) is 10.3 Å². The second-order valence-corrected chi connectivity index (χ2v) is 8.02. The Morgan fingerprint density at radius 1 is 1.30 bits per heavy atom. The molecule has 0 atom stereocenters. The maximum Gasteiger partial charge on any atom is 0.271 e. The number of aromatic nitrogens is 2. The van der Waals surface area contributed by atoms with Crippen LogP contribution < -0.4 is 5.32 Å². The number of sulfonamides is 1. The Labute approximate surface area is 159 Å². The zero-order valence-corrected chi connectivity index (χ0v) is 16.3. The van der Waals surface area contributed by atoms with Crippen molar-refractivity contribution in [2.75, 3.05) is 26.3 Å². The minimum atomic E-state index is -3.64. The molecule has 0 bridgehead atoms. The first-order chi connectivity index (χ1) is 13.0. The first-order valence-electron chi connectivity index (χ1n) is 9.02. The van der Waals surface area contributed by atoms with Crippen molar-refractivity contribution >= 4 is 15.9 Å². The van der Waals surface area contributed by atoms with Crippen LogP contribution in [-0.2, 0) is 21.3 Å². The summed E-state index contributed by atoms with van der Waals surface area (Å²) in [4.78, 5) is 17.1. The highest BCUT2D eigenvalue weighted by molar-refractivity contribution is 7.89. The number of nitrogens with zero attached hydrogens (tertiary/aromatic N) is 3. The summed E-state index contributed by atoms with van der Waals surface area (Å²) in [5, 5.41) is 2.83. The smallest absolute Gasteiger partial charge is 0.271 e. The molecule has 1 aliphatic rings. The highest BCUT2D eigenvalue weighted by atomic mass is 32.2. The third-order valence-corrected chi connectivity index (χ3v) is 6.43. The second-order valence-electron chi connectivity index (χ2n) is 6.12. The van der Waals surface area contributed by atoms with Gasteiger partial charge in [-0.15, -0.1) is 0 Å². The van der Waals surface area contributed by atoms with E-state index in [-0.39, 0.29) is 23.0 Å². The van der Waals surface area contributed by atoms with Crippen molar-refractivity contribution in [1.82, 2.24) is 19.2 Å². The lowest BCUT2D eigenvalue weighted by atomic mass is 10.2. The molecule has 1 N–H and O–H groups in total. The molecule has 8 nitrogen and oxygen atoms in total. The fourth-order valence-corrected chi connectivity index (χ4v) is 4.67. The number of ether oxygens (including phenoxy) is 1. The lowest BCUT2D eigenvalue weighted by molar-refractivity contribution is 0.0938. The Bertz CT molecular complexity index is 923. The van der Waals surface area contributed by atoms with E-state index < -0.39 is 10.0 Å². The average Bonchev–Trinajstić information content (AvgIpc) is 3.05. The van der Waals surface area contributed by atoms with E-state index in [0.29, 0.717) is 44.1 Å². The van der Waals surface area contributed by atoms with Crippen LogP contribution >= 0.6 is 0 Å². The summed E-state index contributed by atoms with van der Waals surface area (Å²) >= 11 is 0. The Hall–Kier alpha value is -2.23. The van der Waals surface area contributed by atoms with Crippen LogP contribution in [0, 0.1) is 0 Å². The van der Waals surface area contributed by atoms with Crippen LogP contribution in [0.2, 0.25) is 0 Å². The third-order valence-electron chi connectivity index (χ3n) is 4.46. The first-order valence-corrected chi connectivity index (χ1v) is 10.5. The molecule has 0 fully saturated rings. The molecule has 9 heteroatoms. The fourth-order valence-electron chi connectivity index (χ4n) is 3.07. The second kappa shape index (κ2) is 8.20. The van der Waals surface area contributed by atoms with Gasteiger partial charge >= 0.3 is 0 Å². The van der Waals surface area contributed by atoms with Gasteiger partial charge < -0.3 is 10.1 Å². The molecule has 1 amide bonds. The Morgan fingerprint density at radius 2 is 2.07 bits per heavy atom. The van der Waals surface area contributed by atoms with Crippen molar-refractivity contribution < 1.29 is 17.9 Å². The number of rotatable bonds is 7. The average molecular weight is 392 g/mol. The Morgan fingerprint density at radius 3 is 2.81 bits per heavy atom. The van der Waals surface area contributed by atoms with Gasteiger partial charge in [-0.1, -0.05) is 19.1 Å². The zero-order valence-electron chi connectivity index (χ0n) is 15.5. The number of nitrogens with one attached hydrogen (secondary N) is 1. The molecule has 1 aromatic heterocycles. The zero-order chi connectivity index (χ0) is 19.4. The van der Waals surface area contributed by atoms with Crippen LogP contribution in [0.3, 0.4) is 0 Å². The SMILES string of the molecule is CCOCCCNC(=O)c1ncn2c1CN(CC)S(=O)(=O)c1ccccc1-2. The number of para-hydroxylation sites is 1. The maximum absolute atomic E-state index is 13.0. The van der Waals surface area contributed by atoms with E-state index in [1.165, 1.54) is 10.6 Å². The molecule has 1 aliphatic heterocycles. The molecule has 0 unspecified atom stereocenters. The molecule has 146 valence electrons. The molecule has 0 saturated heterocycles. The van der Waals surface area contributed by atoms with Crippen LogP contribution in [-0.4, -0.2) is 54.5 Å². The highest BCUT2D eigenvalue weighted by Gasteiger charge is 2.33. The third kappa shape index (κ3) is 3.76. The molecule has 3 rings (SSSR count). The molecule has 2 heterocycles. The van der Waals surface area contributed by atoms with Crippen molar-refractivity contribution in [1.29, 1.82) is 0 Å². The van der Waals surface area contributed by atoms with E-state index in [4.69, 9.17) is 4.74 Å². The van der Waals surface area contributed by atoms with Gasteiger partial charge in [0.1, 0.15) is 11.2 Å². The normalized spacial score (nSPS) is 15.6. The van der Waals surface area contributed by atoms with E-state index in [1.807, 2.05) is 6.92 Å². The van der Waals surface area contributed by atoms with Crippen LogP contribution in [0.25, 0.3) is 5.69 Å². The Balaban J connectivity index is 1.93. The highest BCUT2D eigenvalue weighted by Crippen LogP contribution is 2.30. The topological polar surface area (TPSA) is 93.5 Å². The number of carbonyl (C=O) groups excluding carboxylic acids is 1. The van der Waals surface area contributed by atoms with Gasteiger partial charge in [0.2, 0.25) is 10.0 Å². The van der Waals surface area contributed by atoms with E-state index in [9.17, 15) is 13.2 Å². The summed E-state index contributed by atoms with van der Waals surface area (Å²) < 4.78 is 34.2. The number of amides is 1. The van der Waals surface area contributed by atoms with Gasteiger partial charge in [0.15, 0.2) is 5.69 Å². The number of hydrogen-bond donors (Lipinski definition) is 1. The molecule has 2 aromatic rings. The number of benzene rings is 1. The van der Waals surface area contributed by atoms with Crippen LogP contribution in [0.1, 0.15) is 36.5 Å². The molecule has 0 radical (unpaired) electrons. The fraction of sp³-hybridized carbons (Fsp3) is 0.444. The molecular formula is C18H24N4O4S. The van der Waals surface area contributed by atoms with Gasteiger partial charge in [0, 0.05) is 26.3 Å². The molecule has 1 aromatic carbocycles. The van der Waals surface area contributed by atoms with E-state index >= 15 is 0 Å². The first kappa shape index (κ1) is 19.5. The number of carbonyl (C=O) groups is 1. The molecule has 0 saturated carbocycles. The number of fused-ring (bicyclic) bond motifs is 3. The lowest BCUT2D eigenvalue weighted by Gasteiger charge is -2.18. The lowest BCUT2D eigenvalue weighted by Crippen LogP contribution is -2.31. The van der Waals surface area contributed by atoms with Crippen molar-refractivity contribution in [3.8, 4) is 5.69 Å². The molecular weight excluding hydrogens is 368 g/mol. The summed E-state index contributed by atoms with van der Waals surface area (Å²) in [5.41, 5.74) is 1.32. The molecule has 27 heavy (non-hydrogen) atoms. The maximum atomic E-state index is 13.0. The van der Waals surface area contributed by atoms with E-state index in [0.717, 1.165) is 0 Å². The van der Waals surface area contributed by atoms with Gasteiger partial charge in [0.05, 0.1) is 17.9 Å². The summed E-state index contributed by atoms with van der Waals surface area (Å²) in [6.45, 7) is 5.78.